The lowest BCUT2D eigenvalue weighted by Crippen LogP contribution is -1.82. The van der Waals surface area contributed by atoms with Crippen molar-refractivity contribution in [2.75, 3.05) is 0 Å². The van der Waals surface area contributed by atoms with Crippen molar-refractivity contribution in [1.82, 2.24) is 0 Å². The molecular formula is C12H22Br2. The van der Waals surface area contributed by atoms with Crippen LogP contribution < -0.4 is 0 Å². The molecule has 0 heterocycles. The molecule has 84 valence electrons. The highest BCUT2D eigenvalue weighted by Crippen LogP contribution is 2.23. The molecule has 0 aromatic heterocycles. The summed E-state index contributed by atoms with van der Waals surface area (Å²) in [4.78, 5) is 0. The van der Waals surface area contributed by atoms with E-state index in [1.165, 1.54) is 56.9 Å². The topological polar surface area (TPSA) is 0 Å². The van der Waals surface area contributed by atoms with Gasteiger partial charge in [-0.2, -0.15) is 0 Å². The highest BCUT2D eigenvalue weighted by atomic mass is 79.9. The summed E-state index contributed by atoms with van der Waals surface area (Å²) in [7, 11) is 0. The van der Waals surface area contributed by atoms with Gasteiger partial charge in [0.2, 0.25) is 0 Å². The van der Waals surface area contributed by atoms with Gasteiger partial charge in [-0.3, -0.25) is 0 Å². The van der Waals surface area contributed by atoms with Gasteiger partial charge in [0.25, 0.3) is 0 Å². The third-order valence-electron chi connectivity index (χ3n) is 2.48. The van der Waals surface area contributed by atoms with E-state index in [-0.39, 0.29) is 0 Å². The van der Waals surface area contributed by atoms with Crippen LogP contribution in [0.3, 0.4) is 0 Å². The predicted octanol–water partition coefficient (Wildman–Crippen LogP) is 6.15. The molecule has 0 aliphatic carbocycles. The Morgan fingerprint density at radius 2 is 1.36 bits per heavy atom. The van der Waals surface area contributed by atoms with Gasteiger partial charge in [0.05, 0.1) is 3.39 Å². The fourth-order valence-electron chi connectivity index (χ4n) is 1.44. The molecule has 0 aromatic rings. The van der Waals surface area contributed by atoms with E-state index >= 15 is 0 Å². The van der Waals surface area contributed by atoms with Crippen LogP contribution in [0.15, 0.2) is 8.96 Å². The molecule has 0 nitrogen and oxygen atoms in total. The van der Waals surface area contributed by atoms with Crippen LogP contribution in [0.25, 0.3) is 0 Å². The van der Waals surface area contributed by atoms with Gasteiger partial charge >= 0.3 is 0 Å². The SMILES string of the molecule is CCCCCCCCCC(C)=C(Br)Br. The van der Waals surface area contributed by atoms with Crippen LogP contribution in [-0.2, 0) is 0 Å². The van der Waals surface area contributed by atoms with Gasteiger partial charge < -0.3 is 0 Å². The molecular weight excluding hydrogens is 304 g/mol. The average Bonchev–Trinajstić information content (AvgIpc) is 2.16. The summed E-state index contributed by atoms with van der Waals surface area (Å²) in [6.45, 7) is 4.44. The highest BCUT2D eigenvalue weighted by molar-refractivity contribution is 9.28. The molecule has 0 aromatic carbocycles. The molecule has 0 spiro atoms. The second-order valence-electron chi connectivity index (χ2n) is 3.91. The third-order valence-corrected chi connectivity index (χ3v) is 3.83. The van der Waals surface area contributed by atoms with Gasteiger partial charge in [0.1, 0.15) is 0 Å². The molecule has 0 radical (unpaired) electrons. The smallest absolute Gasteiger partial charge is 0.0593 e. The normalized spacial score (nSPS) is 10.3. The molecule has 0 rings (SSSR count). The number of allylic oxidation sites excluding steroid dienone is 1. The molecule has 0 aliphatic rings. The number of rotatable bonds is 8. The lowest BCUT2D eigenvalue weighted by molar-refractivity contribution is 0.588. The monoisotopic (exact) mass is 324 g/mol. The van der Waals surface area contributed by atoms with Crippen molar-refractivity contribution in [1.29, 1.82) is 0 Å². The number of hydrogen-bond acceptors (Lipinski definition) is 0. The summed E-state index contributed by atoms with van der Waals surface area (Å²) in [5, 5.41) is 0. The second-order valence-corrected chi connectivity index (χ2v) is 6.56. The van der Waals surface area contributed by atoms with Crippen molar-refractivity contribution in [2.45, 2.75) is 65.2 Å². The maximum atomic E-state index is 3.44. The number of hydrogen-bond donors (Lipinski definition) is 0. The first-order chi connectivity index (χ1) is 6.68. The second kappa shape index (κ2) is 10.2. The van der Waals surface area contributed by atoms with E-state index < -0.39 is 0 Å². The Hall–Kier alpha value is 0.700. The van der Waals surface area contributed by atoms with E-state index in [1.807, 2.05) is 0 Å². The molecule has 0 saturated carbocycles. The first kappa shape index (κ1) is 14.7. The van der Waals surface area contributed by atoms with Crippen LogP contribution in [-0.4, -0.2) is 0 Å². The van der Waals surface area contributed by atoms with E-state index in [0.717, 1.165) is 3.39 Å². The lowest BCUT2D eigenvalue weighted by Gasteiger charge is -2.02. The van der Waals surface area contributed by atoms with Gasteiger partial charge in [-0.15, -0.1) is 0 Å². The minimum Gasteiger partial charge on any atom is -0.0654 e. The minimum atomic E-state index is 1.14. The zero-order valence-corrected chi connectivity index (χ0v) is 12.6. The van der Waals surface area contributed by atoms with Crippen LogP contribution in [0.5, 0.6) is 0 Å². The highest BCUT2D eigenvalue weighted by Gasteiger charge is 1.95. The van der Waals surface area contributed by atoms with Gasteiger partial charge in [0, 0.05) is 0 Å². The van der Waals surface area contributed by atoms with Crippen molar-refractivity contribution in [3.63, 3.8) is 0 Å². The molecule has 0 aliphatic heterocycles. The van der Waals surface area contributed by atoms with Crippen molar-refractivity contribution in [2.24, 2.45) is 0 Å². The Kier molecular flexibility index (Phi) is 10.7. The summed E-state index contributed by atoms with van der Waals surface area (Å²) in [5.74, 6) is 0. The van der Waals surface area contributed by atoms with Crippen LogP contribution in [0.1, 0.15) is 65.2 Å². The van der Waals surface area contributed by atoms with Crippen molar-refractivity contribution in [3.05, 3.63) is 8.96 Å². The zero-order chi connectivity index (χ0) is 10.8. The Bertz CT molecular complexity index is 158. The van der Waals surface area contributed by atoms with E-state index in [0.29, 0.717) is 0 Å². The molecule has 0 saturated heterocycles. The van der Waals surface area contributed by atoms with Crippen molar-refractivity contribution >= 4 is 31.9 Å². The van der Waals surface area contributed by atoms with Gasteiger partial charge in [-0.1, -0.05) is 51.0 Å². The summed E-state index contributed by atoms with van der Waals surface area (Å²) >= 11 is 6.88. The Morgan fingerprint density at radius 1 is 0.857 bits per heavy atom. The summed E-state index contributed by atoms with van der Waals surface area (Å²) < 4.78 is 1.14. The van der Waals surface area contributed by atoms with E-state index in [1.54, 1.807) is 0 Å². The molecule has 14 heavy (non-hydrogen) atoms. The summed E-state index contributed by atoms with van der Waals surface area (Å²) in [6, 6.07) is 0. The van der Waals surface area contributed by atoms with Crippen LogP contribution in [0.4, 0.5) is 0 Å². The van der Waals surface area contributed by atoms with Crippen LogP contribution in [0, 0.1) is 0 Å². The molecule has 0 fully saturated rings. The first-order valence-electron chi connectivity index (χ1n) is 5.69. The van der Waals surface area contributed by atoms with E-state index in [2.05, 4.69) is 45.7 Å². The standard InChI is InChI=1S/C12H22Br2/c1-3-4-5-6-7-8-9-10-11(2)12(13)14/h3-10H2,1-2H3. The zero-order valence-electron chi connectivity index (χ0n) is 9.41. The predicted molar refractivity (Wildman–Crippen MR) is 73.2 cm³/mol. The summed E-state index contributed by atoms with van der Waals surface area (Å²) in [5.41, 5.74) is 1.43. The first-order valence-corrected chi connectivity index (χ1v) is 7.27. The van der Waals surface area contributed by atoms with Gasteiger partial charge in [-0.25, -0.2) is 0 Å². The van der Waals surface area contributed by atoms with Crippen molar-refractivity contribution < 1.29 is 0 Å². The molecule has 2 heteroatoms. The van der Waals surface area contributed by atoms with Crippen LogP contribution in [0.2, 0.25) is 0 Å². The van der Waals surface area contributed by atoms with Gasteiger partial charge in [0.15, 0.2) is 0 Å². The molecule has 0 bridgehead atoms. The largest absolute Gasteiger partial charge is 0.0654 e. The Labute approximate surface area is 106 Å². The number of halogens is 2. The lowest BCUT2D eigenvalue weighted by atomic mass is 10.1. The molecule has 0 unspecified atom stereocenters. The Morgan fingerprint density at radius 3 is 1.86 bits per heavy atom. The van der Waals surface area contributed by atoms with Gasteiger partial charge in [-0.05, 0) is 51.6 Å². The maximum Gasteiger partial charge on any atom is 0.0593 e. The molecule has 0 N–H and O–H groups in total. The van der Waals surface area contributed by atoms with E-state index in [4.69, 9.17) is 0 Å². The summed E-state index contributed by atoms with van der Waals surface area (Å²) in [6.07, 6.45) is 10.9. The van der Waals surface area contributed by atoms with Crippen molar-refractivity contribution in [3.8, 4) is 0 Å². The minimum absolute atomic E-state index is 1.14. The fraction of sp³-hybridized carbons (Fsp3) is 0.833. The molecule has 0 atom stereocenters. The van der Waals surface area contributed by atoms with E-state index in [9.17, 15) is 0 Å². The average molecular weight is 326 g/mol. The number of unbranched alkanes of at least 4 members (excludes halogenated alkanes) is 6. The fourth-order valence-corrected chi connectivity index (χ4v) is 1.84. The Balaban J connectivity index is 3.18. The third kappa shape index (κ3) is 9.26. The van der Waals surface area contributed by atoms with Crippen LogP contribution >= 0.6 is 31.9 Å². The maximum absolute atomic E-state index is 3.44. The quantitative estimate of drug-likeness (QED) is 0.469. The molecule has 0 amide bonds.